The summed E-state index contributed by atoms with van der Waals surface area (Å²) in [4.78, 5) is 62.5. The number of nitrogens with one attached hydrogen (secondary N) is 1. The van der Waals surface area contributed by atoms with Crippen LogP contribution in [0.15, 0.2) is 67.3 Å². The lowest BCUT2D eigenvalue weighted by molar-refractivity contribution is -0.163. The summed E-state index contributed by atoms with van der Waals surface area (Å²) < 4.78 is 8.67. The van der Waals surface area contributed by atoms with Crippen LogP contribution in [0.1, 0.15) is 83.1 Å². The number of hydrogen-bond acceptors (Lipinski definition) is 8. The Morgan fingerprint density at radius 1 is 1.02 bits per heavy atom. The molecule has 4 aromatic rings. The molecule has 12 heteroatoms. The Labute approximate surface area is 384 Å². The molecule has 12 nitrogen and oxygen atoms in total. The minimum absolute atomic E-state index is 0.0728. The molecule has 2 N–H and O–H groups in total. The Morgan fingerprint density at radius 3 is 2.45 bits per heavy atom. The fourth-order valence-electron chi connectivity index (χ4n) is 11.3. The third-order valence-electron chi connectivity index (χ3n) is 14.6. The summed E-state index contributed by atoms with van der Waals surface area (Å²) >= 11 is 0. The number of likely N-dealkylation sites (tertiary alicyclic amines) is 1. The molecule has 4 atom stereocenters. The van der Waals surface area contributed by atoms with Crippen molar-refractivity contribution in [3.63, 3.8) is 0 Å². The predicted molar refractivity (Wildman–Crippen MR) is 255 cm³/mol. The van der Waals surface area contributed by atoms with E-state index in [9.17, 15) is 19.5 Å². The molecule has 4 aliphatic rings. The molecule has 8 rings (SSSR count). The van der Waals surface area contributed by atoms with Gasteiger partial charge in [-0.05, 0) is 136 Å². The summed E-state index contributed by atoms with van der Waals surface area (Å²) in [5, 5.41) is 14.1. The van der Waals surface area contributed by atoms with Crippen molar-refractivity contribution < 1.29 is 29.0 Å². The fraction of sp³-hybridized carbons (Fsp3) is 0.509. The summed E-state index contributed by atoms with van der Waals surface area (Å²) in [6.07, 6.45) is 4.01. The number of fused-ring (bicyclic) bond motifs is 6. The zero-order chi connectivity index (χ0) is 46.7. The number of carbonyl (C=O) groups is 4. The number of carbonyl (C=O) groups excluding carboxylic acids is 4. The summed E-state index contributed by atoms with van der Waals surface area (Å²) in [5.41, 5.74) is 9.85. The highest BCUT2D eigenvalue weighted by molar-refractivity contribution is 5.99. The minimum atomic E-state index is -1.27. The molecule has 5 heterocycles. The number of phenolic OH excluding ortho intramolecular Hbond substituents is 1. The highest BCUT2D eigenvalue weighted by Gasteiger charge is 2.64. The molecule has 0 radical (unpaired) electrons. The molecule has 1 spiro atoms. The van der Waals surface area contributed by atoms with E-state index in [1.807, 2.05) is 27.0 Å². The van der Waals surface area contributed by atoms with E-state index >= 15 is 4.79 Å². The van der Waals surface area contributed by atoms with Crippen LogP contribution in [0, 0.1) is 31.1 Å². The van der Waals surface area contributed by atoms with E-state index in [4.69, 9.17) is 4.74 Å². The number of benzene rings is 3. The largest absolute Gasteiger partial charge is 0.508 e. The van der Waals surface area contributed by atoms with Crippen LogP contribution in [0.2, 0.25) is 0 Å². The van der Waals surface area contributed by atoms with Gasteiger partial charge in [0.2, 0.25) is 11.8 Å². The van der Waals surface area contributed by atoms with E-state index in [1.165, 1.54) is 28.3 Å². The van der Waals surface area contributed by atoms with Gasteiger partial charge in [-0.1, -0.05) is 64.6 Å². The number of aromatic nitrogens is 1. The second-order valence-electron chi connectivity index (χ2n) is 20.8. The van der Waals surface area contributed by atoms with E-state index in [0.29, 0.717) is 45.4 Å². The molecular weight excluding hydrogens is 817 g/mol. The van der Waals surface area contributed by atoms with Gasteiger partial charge in [0.05, 0.1) is 24.9 Å². The van der Waals surface area contributed by atoms with Crippen molar-refractivity contribution in [1.82, 2.24) is 29.7 Å². The van der Waals surface area contributed by atoms with Crippen LogP contribution in [-0.2, 0) is 43.3 Å². The van der Waals surface area contributed by atoms with E-state index < -0.39 is 28.5 Å². The summed E-state index contributed by atoms with van der Waals surface area (Å²) in [7, 11) is 1.95. The number of hydrogen-bond donors (Lipinski definition) is 2. The molecule has 65 heavy (non-hydrogen) atoms. The van der Waals surface area contributed by atoms with Gasteiger partial charge in [0.15, 0.2) is 0 Å². The molecule has 3 fully saturated rings. The SMILES string of the molecule is C=CC(=O)N1CC[C@H](CN(C)C(C(=O)N2C[C@@]23Cc2cc(O)cc(c2)-c2ccc4c(c2)c(c(-c2c(C)cccc2C)n4CC)CC(C)(C)COC(=O)[C@@]2(C)CCCN(N2)C3=O)C(C)C)C1. The highest BCUT2D eigenvalue weighted by Crippen LogP contribution is 2.45. The van der Waals surface area contributed by atoms with Crippen molar-refractivity contribution in [2.45, 2.75) is 111 Å². The number of aromatic hydroxyl groups is 1. The number of aryl methyl sites for hydroxylation is 3. The lowest BCUT2D eigenvalue weighted by Crippen LogP contribution is -2.65. The van der Waals surface area contributed by atoms with Crippen LogP contribution in [0.4, 0.5) is 0 Å². The Hall–Kier alpha value is -5.46. The first-order valence-corrected chi connectivity index (χ1v) is 23.5. The van der Waals surface area contributed by atoms with Crippen LogP contribution >= 0.6 is 0 Å². The molecule has 3 saturated heterocycles. The number of phenols is 1. The zero-order valence-electron chi connectivity index (χ0n) is 39.9. The number of hydrazine groups is 1. The Kier molecular flexibility index (Phi) is 12.3. The average molecular weight is 885 g/mol. The maximum Gasteiger partial charge on any atom is 0.327 e. The second kappa shape index (κ2) is 17.4. The molecule has 1 unspecified atom stereocenters. The number of esters is 1. The van der Waals surface area contributed by atoms with Gasteiger partial charge in [-0.3, -0.25) is 24.3 Å². The smallest absolute Gasteiger partial charge is 0.327 e. The molecule has 3 aromatic carbocycles. The molecule has 4 aliphatic heterocycles. The van der Waals surface area contributed by atoms with Crippen LogP contribution in [0.3, 0.4) is 0 Å². The van der Waals surface area contributed by atoms with Crippen LogP contribution in [0.5, 0.6) is 5.75 Å². The summed E-state index contributed by atoms with van der Waals surface area (Å²) in [6.45, 7) is 23.6. The van der Waals surface area contributed by atoms with Crippen molar-refractivity contribution in [2.24, 2.45) is 17.3 Å². The van der Waals surface area contributed by atoms with Gasteiger partial charge in [-0.2, -0.15) is 0 Å². The zero-order valence-corrected chi connectivity index (χ0v) is 39.9. The average Bonchev–Trinajstić information content (AvgIpc) is 3.66. The lowest BCUT2D eigenvalue weighted by atomic mass is 9.83. The molecule has 0 saturated carbocycles. The first kappa shape index (κ1) is 46.1. The van der Waals surface area contributed by atoms with Gasteiger partial charge in [-0.15, -0.1) is 0 Å². The van der Waals surface area contributed by atoms with Crippen LogP contribution in [0.25, 0.3) is 33.3 Å². The number of likely N-dealkylation sites (N-methyl/N-ethyl adjacent to an activating group) is 1. The Bertz CT molecular complexity index is 2540. The van der Waals surface area contributed by atoms with Gasteiger partial charge in [-0.25, -0.2) is 10.2 Å². The first-order valence-electron chi connectivity index (χ1n) is 23.5. The monoisotopic (exact) mass is 885 g/mol. The maximum absolute atomic E-state index is 15.2. The summed E-state index contributed by atoms with van der Waals surface area (Å²) in [6, 6.07) is 17.9. The first-order chi connectivity index (χ1) is 30.8. The minimum Gasteiger partial charge on any atom is -0.508 e. The number of nitrogens with zero attached hydrogens (tertiary/aromatic N) is 5. The Morgan fingerprint density at radius 2 is 1.75 bits per heavy atom. The normalized spacial score (nSPS) is 23.9. The van der Waals surface area contributed by atoms with Gasteiger partial charge in [0.25, 0.3) is 5.91 Å². The van der Waals surface area contributed by atoms with Gasteiger partial charge in [0, 0.05) is 61.0 Å². The fourth-order valence-corrected chi connectivity index (χ4v) is 11.3. The molecule has 0 aliphatic carbocycles. The topological polar surface area (TPSA) is 127 Å². The van der Waals surface area contributed by atoms with Crippen molar-refractivity contribution in [1.29, 1.82) is 0 Å². The molecular formula is C53H68N6O6. The quantitative estimate of drug-likeness (QED) is 0.106. The van der Waals surface area contributed by atoms with Gasteiger partial charge in [0.1, 0.15) is 16.8 Å². The number of rotatable bonds is 8. The van der Waals surface area contributed by atoms with E-state index in [2.05, 4.69) is 92.5 Å². The maximum atomic E-state index is 15.2. The molecule has 6 bridgehead atoms. The van der Waals surface area contributed by atoms with Gasteiger partial charge >= 0.3 is 5.97 Å². The number of amides is 3. The predicted octanol–water partition coefficient (Wildman–Crippen LogP) is 7.44. The second-order valence-corrected chi connectivity index (χ2v) is 20.8. The van der Waals surface area contributed by atoms with Crippen molar-refractivity contribution in [3.8, 4) is 28.1 Å². The van der Waals surface area contributed by atoms with Gasteiger partial charge < -0.3 is 24.2 Å². The van der Waals surface area contributed by atoms with E-state index in [1.54, 1.807) is 33.9 Å². The molecule has 1 aromatic heterocycles. The van der Waals surface area contributed by atoms with Crippen molar-refractivity contribution >= 4 is 34.6 Å². The lowest BCUT2D eigenvalue weighted by Gasteiger charge is -2.41. The van der Waals surface area contributed by atoms with Crippen molar-refractivity contribution in [2.75, 3.05) is 46.4 Å². The standard InChI is InChI=1S/C53H68N6O6/c1-11-44(61)56-22-19-36(30-56)29-55(10)46(33(3)4)48(62)58-31-53(58)27-37-23-39(25-40(60)24-37)38-17-18-43-41(26-38)42(47(57(43)12-2)45-34(5)15-13-16-35(45)6)28-51(7,8)32-65-50(64)52(9)20-14-21-59(54-52)49(53)63/h11,13,15-18,23-26,33,36,46,54,60H,1,12,14,19-22,27-32H2,2-10H3/t36-,46?,52-,53-,58?/m1/s1. The molecule has 346 valence electrons. The molecule has 3 amide bonds. The van der Waals surface area contributed by atoms with E-state index in [-0.39, 0.29) is 54.9 Å². The summed E-state index contributed by atoms with van der Waals surface area (Å²) in [5.74, 6) is -0.749. The van der Waals surface area contributed by atoms with Crippen LogP contribution in [-0.4, -0.2) is 117 Å². The van der Waals surface area contributed by atoms with E-state index in [0.717, 1.165) is 46.3 Å². The third kappa shape index (κ3) is 8.60. The number of cyclic esters (lactones) is 1. The van der Waals surface area contributed by atoms with Crippen molar-refractivity contribution in [3.05, 3.63) is 89.5 Å². The number of ether oxygens (including phenoxy) is 1. The van der Waals surface area contributed by atoms with Crippen LogP contribution < -0.4 is 5.43 Å². The Balaban J connectivity index is 1.22. The highest BCUT2D eigenvalue weighted by atomic mass is 16.5. The third-order valence-corrected chi connectivity index (χ3v) is 14.6.